The fourth-order valence-electron chi connectivity index (χ4n) is 1.50. The zero-order valence-corrected chi connectivity index (χ0v) is 8.24. The number of anilines is 1. The number of nitrogens with two attached hydrogens (primary N) is 1. The molecule has 3 N–H and O–H groups in total. The lowest BCUT2D eigenvalue weighted by atomic mass is 10.0. The number of nitrogen functional groups attached to an aromatic ring is 1. The van der Waals surface area contributed by atoms with Crippen LogP contribution in [0.2, 0.25) is 0 Å². The summed E-state index contributed by atoms with van der Waals surface area (Å²) in [6.45, 7) is 0. The number of hydrogen-bond donors (Lipinski definition) is 2. The number of hydrogen-bond acceptors (Lipinski definition) is 2. The molecule has 0 aliphatic carbocycles. The Morgan fingerprint density at radius 1 is 0.938 bits per heavy atom. The van der Waals surface area contributed by atoms with E-state index in [4.69, 9.17) is 5.73 Å². The average molecular weight is 221 g/mol. The summed E-state index contributed by atoms with van der Waals surface area (Å²) in [5.74, 6) is -1.48. The molecular formula is C12H9F2NO. The van der Waals surface area contributed by atoms with Gasteiger partial charge in [-0.25, -0.2) is 8.78 Å². The van der Waals surface area contributed by atoms with E-state index in [0.29, 0.717) is 11.3 Å². The second-order valence-corrected chi connectivity index (χ2v) is 3.43. The number of benzene rings is 2. The molecule has 0 unspecified atom stereocenters. The number of halogens is 2. The maximum atomic E-state index is 13.0. The zero-order chi connectivity index (χ0) is 11.7. The van der Waals surface area contributed by atoms with Gasteiger partial charge in [0.1, 0.15) is 17.4 Å². The molecule has 0 saturated carbocycles. The minimum atomic E-state index is -0.689. The number of phenols is 1. The molecule has 2 rings (SSSR count). The van der Waals surface area contributed by atoms with Crippen molar-refractivity contribution in [2.45, 2.75) is 0 Å². The van der Waals surface area contributed by atoms with Crippen LogP contribution in [0.15, 0.2) is 36.4 Å². The van der Waals surface area contributed by atoms with Crippen molar-refractivity contribution >= 4 is 5.69 Å². The van der Waals surface area contributed by atoms with E-state index >= 15 is 0 Å². The van der Waals surface area contributed by atoms with Crippen LogP contribution in [0.3, 0.4) is 0 Å². The van der Waals surface area contributed by atoms with E-state index in [1.165, 1.54) is 12.1 Å². The maximum Gasteiger partial charge on any atom is 0.126 e. The number of phenolic OH excluding ortho intramolecular Hbond substituents is 1. The van der Waals surface area contributed by atoms with Gasteiger partial charge in [0.05, 0.1) is 0 Å². The quantitative estimate of drug-likeness (QED) is 0.727. The van der Waals surface area contributed by atoms with E-state index < -0.39 is 11.6 Å². The van der Waals surface area contributed by atoms with Gasteiger partial charge in [0.25, 0.3) is 0 Å². The average Bonchev–Trinajstić information content (AvgIpc) is 2.15. The van der Waals surface area contributed by atoms with E-state index in [1.54, 1.807) is 6.07 Å². The Kier molecular flexibility index (Phi) is 2.48. The van der Waals surface area contributed by atoms with Crippen LogP contribution in [0.1, 0.15) is 0 Å². The van der Waals surface area contributed by atoms with Crippen molar-refractivity contribution in [1.82, 2.24) is 0 Å². The minimum Gasteiger partial charge on any atom is -0.507 e. The van der Waals surface area contributed by atoms with Crippen molar-refractivity contribution in [3.05, 3.63) is 48.0 Å². The third-order valence-corrected chi connectivity index (χ3v) is 2.20. The summed E-state index contributed by atoms with van der Waals surface area (Å²) in [4.78, 5) is 0. The predicted molar refractivity (Wildman–Crippen MR) is 57.9 cm³/mol. The summed E-state index contributed by atoms with van der Waals surface area (Å²) in [7, 11) is 0. The SMILES string of the molecule is Nc1ccc(-c2cc(F)cc(F)c2)c(O)c1. The third kappa shape index (κ3) is 1.95. The second-order valence-electron chi connectivity index (χ2n) is 3.43. The Balaban J connectivity index is 2.58. The molecule has 82 valence electrons. The minimum absolute atomic E-state index is 0.106. The Morgan fingerprint density at radius 3 is 2.12 bits per heavy atom. The summed E-state index contributed by atoms with van der Waals surface area (Å²) in [5.41, 5.74) is 6.46. The standard InChI is InChI=1S/C12H9F2NO/c13-8-3-7(4-9(14)5-8)11-2-1-10(15)6-12(11)16/h1-6,16H,15H2. The van der Waals surface area contributed by atoms with Crippen LogP contribution in [-0.4, -0.2) is 5.11 Å². The summed E-state index contributed by atoms with van der Waals surface area (Å²) < 4.78 is 26.0. The molecule has 2 nitrogen and oxygen atoms in total. The highest BCUT2D eigenvalue weighted by atomic mass is 19.1. The highest BCUT2D eigenvalue weighted by Gasteiger charge is 2.07. The van der Waals surface area contributed by atoms with Crippen LogP contribution in [0.5, 0.6) is 5.75 Å². The van der Waals surface area contributed by atoms with E-state index in [9.17, 15) is 13.9 Å². The first-order valence-electron chi connectivity index (χ1n) is 4.61. The Morgan fingerprint density at radius 2 is 1.56 bits per heavy atom. The zero-order valence-electron chi connectivity index (χ0n) is 8.24. The summed E-state index contributed by atoms with van der Waals surface area (Å²) in [6, 6.07) is 7.47. The van der Waals surface area contributed by atoms with Gasteiger partial charge in [0, 0.05) is 23.4 Å². The molecule has 0 amide bonds. The molecule has 0 aliphatic heterocycles. The van der Waals surface area contributed by atoms with Crippen molar-refractivity contribution < 1.29 is 13.9 Å². The summed E-state index contributed by atoms with van der Waals surface area (Å²) in [6.07, 6.45) is 0. The fourth-order valence-corrected chi connectivity index (χ4v) is 1.50. The van der Waals surface area contributed by atoms with Crippen LogP contribution < -0.4 is 5.73 Å². The van der Waals surface area contributed by atoms with Crippen molar-refractivity contribution in [3.8, 4) is 16.9 Å². The molecule has 0 aromatic heterocycles. The van der Waals surface area contributed by atoms with E-state index in [0.717, 1.165) is 18.2 Å². The summed E-state index contributed by atoms with van der Waals surface area (Å²) >= 11 is 0. The lowest BCUT2D eigenvalue weighted by Gasteiger charge is -2.06. The molecule has 0 saturated heterocycles. The van der Waals surface area contributed by atoms with Crippen LogP contribution in [0, 0.1) is 11.6 Å². The molecule has 0 heterocycles. The predicted octanol–water partition coefficient (Wildman–Crippen LogP) is 2.92. The van der Waals surface area contributed by atoms with Crippen LogP contribution in [0.25, 0.3) is 11.1 Å². The highest BCUT2D eigenvalue weighted by molar-refractivity contribution is 5.72. The second kappa shape index (κ2) is 3.81. The Bertz CT molecular complexity index is 520. The van der Waals surface area contributed by atoms with Crippen molar-refractivity contribution in [2.24, 2.45) is 0 Å². The fraction of sp³-hybridized carbons (Fsp3) is 0. The van der Waals surface area contributed by atoms with Gasteiger partial charge >= 0.3 is 0 Å². The van der Waals surface area contributed by atoms with Gasteiger partial charge in [0.15, 0.2) is 0 Å². The van der Waals surface area contributed by atoms with Crippen molar-refractivity contribution in [2.75, 3.05) is 5.73 Å². The lowest BCUT2D eigenvalue weighted by Crippen LogP contribution is -1.87. The molecule has 0 atom stereocenters. The smallest absolute Gasteiger partial charge is 0.126 e. The first kappa shape index (κ1) is 10.4. The molecule has 4 heteroatoms. The molecule has 16 heavy (non-hydrogen) atoms. The topological polar surface area (TPSA) is 46.2 Å². The van der Waals surface area contributed by atoms with Crippen molar-refractivity contribution in [3.63, 3.8) is 0 Å². The monoisotopic (exact) mass is 221 g/mol. The first-order chi connectivity index (χ1) is 7.56. The number of aromatic hydroxyl groups is 1. The molecule has 0 aliphatic rings. The van der Waals surface area contributed by atoms with Gasteiger partial charge in [0.2, 0.25) is 0 Å². The van der Waals surface area contributed by atoms with Crippen LogP contribution in [-0.2, 0) is 0 Å². The van der Waals surface area contributed by atoms with Crippen LogP contribution >= 0.6 is 0 Å². The van der Waals surface area contributed by atoms with Crippen molar-refractivity contribution in [1.29, 1.82) is 0 Å². The van der Waals surface area contributed by atoms with E-state index in [-0.39, 0.29) is 11.3 Å². The lowest BCUT2D eigenvalue weighted by molar-refractivity contribution is 0.477. The molecule has 0 bridgehead atoms. The van der Waals surface area contributed by atoms with Gasteiger partial charge in [-0.2, -0.15) is 0 Å². The van der Waals surface area contributed by atoms with Gasteiger partial charge in [-0.15, -0.1) is 0 Å². The van der Waals surface area contributed by atoms with Gasteiger partial charge < -0.3 is 10.8 Å². The Hall–Kier alpha value is -2.10. The van der Waals surface area contributed by atoms with Crippen LogP contribution in [0.4, 0.5) is 14.5 Å². The molecule has 0 fully saturated rings. The first-order valence-corrected chi connectivity index (χ1v) is 4.61. The normalized spacial score (nSPS) is 10.4. The molecule has 2 aromatic carbocycles. The Labute approximate surface area is 91.0 Å². The molecule has 0 spiro atoms. The summed E-state index contributed by atoms with van der Waals surface area (Å²) in [5, 5.41) is 9.60. The number of rotatable bonds is 1. The maximum absolute atomic E-state index is 13.0. The molecule has 2 aromatic rings. The highest BCUT2D eigenvalue weighted by Crippen LogP contribution is 2.31. The van der Waals surface area contributed by atoms with E-state index in [2.05, 4.69) is 0 Å². The van der Waals surface area contributed by atoms with Gasteiger partial charge in [-0.1, -0.05) is 0 Å². The largest absolute Gasteiger partial charge is 0.507 e. The van der Waals surface area contributed by atoms with E-state index in [1.807, 2.05) is 0 Å². The molecule has 0 radical (unpaired) electrons. The third-order valence-electron chi connectivity index (χ3n) is 2.20. The van der Waals surface area contributed by atoms with Gasteiger partial charge in [-0.05, 0) is 29.8 Å². The van der Waals surface area contributed by atoms with Gasteiger partial charge in [-0.3, -0.25) is 0 Å². The molecular weight excluding hydrogens is 212 g/mol.